The number of benzene rings is 2. The van der Waals surface area contributed by atoms with Gasteiger partial charge in [-0.3, -0.25) is 4.79 Å². The van der Waals surface area contributed by atoms with Gasteiger partial charge in [0.15, 0.2) is 0 Å². The highest BCUT2D eigenvalue weighted by Gasteiger charge is 2.14. The molecule has 2 N–H and O–H groups in total. The number of H-pyrrole nitrogens is 1. The van der Waals surface area contributed by atoms with Gasteiger partial charge >= 0.3 is 5.97 Å². The summed E-state index contributed by atoms with van der Waals surface area (Å²) in [6.45, 7) is 6.61. The molecule has 0 aliphatic rings. The van der Waals surface area contributed by atoms with Crippen LogP contribution in [0.25, 0.3) is 22.2 Å². The molecule has 0 unspecified atom stereocenters. The normalized spacial score (nSPS) is 11.8. The zero-order valence-electron chi connectivity index (χ0n) is 13.7. The Balaban J connectivity index is 2.02. The maximum absolute atomic E-state index is 10.9. The van der Waals surface area contributed by atoms with Crippen molar-refractivity contribution in [3.8, 4) is 11.3 Å². The third-order valence-electron chi connectivity index (χ3n) is 4.08. The Morgan fingerprint density at radius 2 is 1.87 bits per heavy atom. The van der Waals surface area contributed by atoms with Gasteiger partial charge in [-0.15, -0.1) is 0 Å². The lowest BCUT2D eigenvalue weighted by molar-refractivity contribution is -0.136. The highest BCUT2D eigenvalue weighted by atomic mass is 16.4. The van der Waals surface area contributed by atoms with E-state index in [1.807, 2.05) is 18.2 Å². The number of hydrogen-bond donors (Lipinski definition) is 2. The van der Waals surface area contributed by atoms with Gasteiger partial charge in [0.2, 0.25) is 0 Å². The van der Waals surface area contributed by atoms with Gasteiger partial charge < -0.3 is 10.1 Å². The van der Waals surface area contributed by atoms with Crippen LogP contribution in [0.5, 0.6) is 0 Å². The fraction of sp³-hybridized carbons (Fsp3) is 0.250. The molecule has 3 nitrogen and oxygen atoms in total. The minimum atomic E-state index is -0.807. The Hall–Kier alpha value is -2.55. The smallest absolute Gasteiger partial charge is 0.307 e. The van der Waals surface area contributed by atoms with Crippen LogP contribution in [0.3, 0.4) is 0 Å². The Kier molecular flexibility index (Phi) is 3.72. The number of nitrogens with one attached hydrogen (secondary N) is 1. The lowest BCUT2D eigenvalue weighted by Gasteiger charge is -2.19. The van der Waals surface area contributed by atoms with Crippen molar-refractivity contribution >= 4 is 16.9 Å². The van der Waals surface area contributed by atoms with Gasteiger partial charge in [0.05, 0.1) is 6.42 Å². The third kappa shape index (κ3) is 3.29. The van der Waals surface area contributed by atoms with Gasteiger partial charge in [0.25, 0.3) is 0 Å². The van der Waals surface area contributed by atoms with Crippen LogP contribution in [0.4, 0.5) is 0 Å². The zero-order chi connectivity index (χ0) is 16.6. The summed E-state index contributed by atoms with van der Waals surface area (Å²) in [5.41, 5.74) is 5.44. The standard InChI is InChI=1S/C20H21NO2/c1-20(2,3)16-6-4-5-14(11-16)18-12-15-9-13(10-19(22)23)7-8-17(15)21-18/h4-9,11-12,21H,10H2,1-3H3,(H,22,23). The number of carboxylic acids is 1. The van der Waals surface area contributed by atoms with E-state index in [1.54, 1.807) is 0 Å². The summed E-state index contributed by atoms with van der Waals surface area (Å²) >= 11 is 0. The van der Waals surface area contributed by atoms with Crippen molar-refractivity contribution in [1.29, 1.82) is 0 Å². The fourth-order valence-corrected chi connectivity index (χ4v) is 2.78. The van der Waals surface area contributed by atoms with Crippen LogP contribution in [0, 0.1) is 0 Å². The van der Waals surface area contributed by atoms with E-state index in [-0.39, 0.29) is 11.8 Å². The SMILES string of the molecule is CC(C)(C)c1cccc(-c2cc3cc(CC(=O)O)ccc3[nH]2)c1. The van der Waals surface area contributed by atoms with E-state index < -0.39 is 5.97 Å². The van der Waals surface area contributed by atoms with Gasteiger partial charge in [-0.25, -0.2) is 0 Å². The summed E-state index contributed by atoms with van der Waals surface area (Å²) < 4.78 is 0. The number of carboxylic acid groups (broad SMARTS) is 1. The lowest BCUT2D eigenvalue weighted by Crippen LogP contribution is -2.10. The van der Waals surface area contributed by atoms with Crippen LogP contribution in [0.1, 0.15) is 31.9 Å². The van der Waals surface area contributed by atoms with Gasteiger partial charge in [-0.1, -0.05) is 45.0 Å². The average Bonchev–Trinajstić information content (AvgIpc) is 2.89. The molecular weight excluding hydrogens is 286 g/mol. The molecule has 0 atom stereocenters. The van der Waals surface area contributed by atoms with E-state index in [0.29, 0.717) is 0 Å². The molecule has 2 aromatic carbocycles. The lowest BCUT2D eigenvalue weighted by atomic mass is 9.86. The highest BCUT2D eigenvalue weighted by molar-refractivity contribution is 5.87. The predicted octanol–water partition coefficient (Wildman–Crippen LogP) is 4.76. The molecule has 0 saturated carbocycles. The van der Waals surface area contributed by atoms with E-state index in [2.05, 4.69) is 56.1 Å². The first-order valence-electron chi connectivity index (χ1n) is 7.77. The second-order valence-corrected chi connectivity index (χ2v) is 7.01. The quantitative estimate of drug-likeness (QED) is 0.733. The van der Waals surface area contributed by atoms with Crippen LogP contribution in [0.2, 0.25) is 0 Å². The minimum absolute atomic E-state index is 0.0516. The van der Waals surface area contributed by atoms with E-state index in [1.165, 1.54) is 5.56 Å². The van der Waals surface area contributed by atoms with Crippen molar-refractivity contribution in [2.45, 2.75) is 32.6 Å². The van der Waals surface area contributed by atoms with Crippen LogP contribution in [0.15, 0.2) is 48.5 Å². The van der Waals surface area contributed by atoms with Crippen molar-refractivity contribution in [1.82, 2.24) is 4.98 Å². The first kappa shape index (κ1) is 15.3. The van der Waals surface area contributed by atoms with Crippen LogP contribution in [-0.2, 0) is 16.6 Å². The molecule has 0 radical (unpaired) electrons. The monoisotopic (exact) mass is 307 g/mol. The van der Waals surface area contributed by atoms with E-state index in [4.69, 9.17) is 5.11 Å². The van der Waals surface area contributed by atoms with Gasteiger partial charge in [0.1, 0.15) is 0 Å². The number of aromatic amines is 1. The topological polar surface area (TPSA) is 53.1 Å². The summed E-state index contributed by atoms with van der Waals surface area (Å²) in [5, 5.41) is 9.96. The summed E-state index contributed by atoms with van der Waals surface area (Å²) in [6.07, 6.45) is 0.0516. The van der Waals surface area contributed by atoms with Crippen molar-refractivity contribution in [2.75, 3.05) is 0 Å². The number of aliphatic carboxylic acids is 1. The molecule has 3 aromatic rings. The summed E-state index contributed by atoms with van der Waals surface area (Å²) in [4.78, 5) is 14.3. The largest absolute Gasteiger partial charge is 0.481 e. The van der Waals surface area contributed by atoms with Crippen molar-refractivity contribution in [3.63, 3.8) is 0 Å². The molecule has 3 rings (SSSR count). The minimum Gasteiger partial charge on any atom is -0.481 e. The molecule has 3 heteroatoms. The second-order valence-electron chi connectivity index (χ2n) is 7.01. The molecule has 0 fully saturated rings. The van der Waals surface area contributed by atoms with Crippen LogP contribution < -0.4 is 0 Å². The third-order valence-corrected chi connectivity index (χ3v) is 4.08. The Labute approximate surface area is 136 Å². The molecule has 1 aromatic heterocycles. The van der Waals surface area contributed by atoms with Crippen molar-refractivity contribution in [2.24, 2.45) is 0 Å². The van der Waals surface area contributed by atoms with Crippen LogP contribution >= 0.6 is 0 Å². The van der Waals surface area contributed by atoms with E-state index >= 15 is 0 Å². The van der Waals surface area contributed by atoms with E-state index in [0.717, 1.165) is 27.7 Å². The number of fused-ring (bicyclic) bond motifs is 1. The Bertz CT molecular complexity index is 869. The molecular formula is C20H21NO2. The fourth-order valence-electron chi connectivity index (χ4n) is 2.78. The van der Waals surface area contributed by atoms with Gasteiger partial charge in [-0.2, -0.15) is 0 Å². The van der Waals surface area contributed by atoms with Gasteiger partial charge in [-0.05, 0) is 46.4 Å². The summed E-state index contributed by atoms with van der Waals surface area (Å²) in [5.74, 6) is -0.807. The number of hydrogen-bond acceptors (Lipinski definition) is 1. The number of aromatic nitrogens is 1. The molecule has 23 heavy (non-hydrogen) atoms. The second kappa shape index (κ2) is 5.58. The van der Waals surface area contributed by atoms with Crippen LogP contribution in [-0.4, -0.2) is 16.1 Å². The predicted molar refractivity (Wildman–Crippen MR) is 93.8 cm³/mol. The molecule has 118 valence electrons. The highest BCUT2D eigenvalue weighted by Crippen LogP contribution is 2.29. The Morgan fingerprint density at radius 1 is 1.09 bits per heavy atom. The number of carbonyl (C=O) groups is 1. The van der Waals surface area contributed by atoms with Crippen molar-refractivity contribution < 1.29 is 9.90 Å². The van der Waals surface area contributed by atoms with Gasteiger partial charge in [0, 0.05) is 16.6 Å². The molecule has 0 bridgehead atoms. The molecule has 0 aliphatic carbocycles. The first-order chi connectivity index (χ1) is 10.8. The summed E-state index contributed by atoms with van der Waals surface area (Å²) in [7, 11) is 0. The van der Waals surface area contributed by atoms with Crippen molar-refractivity contribution in [3.05, 3.63) is 59.7 Å². The Morgan fingerprint density at radius 3 is 2.57 bits per heavy atom. The molecule has 1 heterocycles. The molecule has 0 aliphatic heterocycles. The number of rotatable bonds is 3. The maximum atomic E-state index is 10.9. The first-order valence-corrected chi connectivity index (χ1v) is 7.77. The zero-order valence-corrected chi connectivity index (χ0v) is 13.7. The molecule has 0 saturated heterocycles. The summed E-state index contributed by atoms with van der Waals surface area (Å²) in [6, 6.07) is 16.4. The molecule has 0 amide bonds. The average molecular weight is 307 g/mol. The van der Waals surface area contributed by atoms with E-state index in [9.17, 15) is 4.79 Å². The maximum Gasteiger partial charge on any atom is 0.307 e. The molecule has 0 spiro atoms.